The summed E-state index contributed by atoms with van der Waals surface area (Å²) in [5.41, 5.74) is 5.14. The van der Waals surface area contributed by atoms with Crippen LogP contribution in [-0.2, 0) is 4.79 Å². The summed E-state index contributed by atoms with van der Waals surface area (Å²) in [6, 6.07) is 0.430. The molecule has 1 aliphatic rings. The van der Waals surface area contributed by atoms with E-state index in [1.165, 1.54) is 19.3 Å². The van der Waals surface area contributed by atoms with E-state index in [1.807, 2.05) is 11.8 Å². The Balaban J connectivity index is 2.65. The Morgan fingerprint density at radius 2 is 1.87 bits per heavy atom. The van der Waals surface area contributed by atoms with Crippen LogP contribution in [0.4, 0.5) is 0 Å². The number of hydrogen-bond acceptors (Lipinski definition) is 2. The highest BCUT2D eigenvalue weighted by atomic mass is 16.2. The Labute approximate surface area is 93.0 Å². The molecule has 2 N–H and O–H groups in total. The van der Waals surface area contributed by atoms with Gasteiger partial charge in [-0.1, -0.05) is 19.3 Å². The average molecular weight is 212 g/mol. The third-order valence-corrected chi connectivity index (χ3v) is 3.17. The molecule has 3 heteroatoms. The largest absolute Gasteiger partial charge is 0.338 e. The van der Waals surface area contributed by atoms with Crippen molar-refractivity contribution < 1.29 is 4.79 Å². The van der Waals surface area contributed by atoms with Crippen LogP contribution >= 0.6 is 0 Å². The van der Waals surface area contributed by atoms with Crippen LogP contribution in [0, 0.1) is 0 Å². The van der Waals surface area contributed by atoms with Gasteiger partial charge in [0.15, 0.2) is 0 Å². The van der Waals surface area contributed by atoms with Gasteiger partial charge in [0, 0.05) is 12.6 Å². The Hall–Kier alpha value is -0.570. The van der Waals surface area contributed by atoms with E-state index in [0.29, 0.717) is 6.04 Å². The van der Waals surface area contributed by atoms with Crippen LogP contribution in [0.5, 0.6) is 0 Å². The molecule has 0 unspecified atom stereocenters. The second kappa shape index (κ2) is 4.97. The zero-order valence-electron chi connectivity index (χ0n) is 10.3. The number of carbonyl (C=O) groups excluding carboxylic acids is 1. The van der Waals surface area contributed by atoms with Crippen LogP contribution in [0.25, 0.3) is 0 Å². The van der Waals surface area contributed by atoms with Gasteiger partial charge in [0.05, 0.1) is 5.54 Å². The molecule has 1 amide bonds. The predicted molar refractivity (Wildman–Crippen MR) is 62.5 cm³/mol. The van der Waals surface area contributed by atoms with Crippen molar-refractivity contribution >= 4 is 5.91 Å². The fourth-order valence-electron chi connectivity index (χ4n) is 2.33. The fraction of sp³-hybridized carbons (Fsp3) is 0.917. The first-order chi connectivity index (χ1) is 6.96. The fourth-order valence-corrected chi connectivity index (χ4v) is 2.33. The predicted octanol–water partition coefficient (Wildman–Crippen LogP) is 1.90. The zero-order valence-corrected chi connectivity index (χ0v) is 10.3. The molecule has 0 spiro atoms. The number of likely N-dealkylation sites (N-methyl/N-ethyl adjacent to an activating group) is 1. The third-order valence-electron chi connectivity index (χ3n) is 3.17. The number of hydrogen-bond donors (Lipinski definition) is 1. The van der Waals surface area contributed by atoms with Gasteiger partial charge in [-0.2, -0.15) is 0 Å². The van der Waals surface area contributed by atoms with E-state index in [1.54, 1.807) is 13.8 Å². The van der Waals surface area contributed by atoms with Crippen molar-refractivity contribution in [1.29, 1.82) is 0 Å². The lowest BCUT2D eigenvalue weighted by atomic mass is 9.92. The van der Waals surface area contributed by atoms with Crippen LogP contribution in [0.15, 0.2) is 0 Å². The number of amides is 1. The van der Waals surface area contributed by atoms with E-state index in [0.717, 1.165) is 19.4 Å². The highest BCUT2D eigenvalue weighted by molar-refractivity contribution is 5.85. The maximum Gasteiger partial charge on any atom is 0.242 e. The summed E-state index contributed by atoms with van der Waals surface area (Å²) < 4.78 is 0. The zero-order chi connectivity index (χ0) is 11.5. The minimum atomic E-state index is -0.729. The molecule has 0 bridgehead atoms. The van der Waals surface area contributed by atoms with Crippen molar-refractivity contribution in [3.05, 3.63) is 0 Å². The minimum absolute atomic E-state index is 0.0944. The lowest BCUT2D eigenvalue weighted by Crippen LogP contribution is -2.54. The Bertz CT molecular complexity index is 214. The van der Waals surface area contributed by atoms with E-state index in [4.69, 9.17) is 5.73 Å². The molecule has 0 aromatic heterocycles. The SMILES string of the molecule is CCN(C(=O)C(C)(C)N)C1CCCCC1. The smallest absolute Gasteiger partial charge is 0.242 e. The Morgan fingerprint density at radius 1 is 1.33 bits per heavy atom. The molecular formula is C12H24N2O. The highest BCUT2D eigenvalue weighted by Crippen LogP contribution is 2.23. The molecule has 1 rings (SSSR count). The summed E-state index contributed by atoms with van der Waals surface area (Å²) in [5, 5.41) is 0. The number of rotatable bonds is 3. The molecule has 1 aliphatic carbocycles. The van der Waals surface area contributed by atoms with E-state index >= 15 is 0 Å². The van der Waals surface area contributed by atoms with Crippen LogP contribution in [-0.4, -0.2) is 28.9 Å². The molecule has 0 aliphatic heterocycles. The maximum atomic E-state index is 12.1. The first kappa shape index (κ1) is 12.5. The molecule has 88 valence electrons. The molecule has 1 fully saturated rings. The molecule has 0 saturated heterocycles. The Kier molecular flexibility index (Phi) is 4.14. The van der Waals surface area contributed by atoms with Gasteiger partial charge < -0.3 is 10.6 Å². The Morgan fingerprint density at radius 3 is 2.27 bits per heavy atom. The molecule has 0 aromatic carbocycles. The van der Waals surface area contributed by atoms with Crippen molar-refractivity contribution in [3.63, 3.8) is 0 Å². The first-order valence-corrected chi connectivity index (χ1v) is 6.06. The van der Waals surface area contributed by atoms with E-state index in [2.05, 4.69) is 0 Å². The molecule has 3 nitrogen and oxygen atoms in total. The van der Waals surface area contributed by atoms with Crippen molar-refractivity contribution in [3.8, 4) is 0 Å². The van der Waals surface area contributed by atoms with Gasteiger partial charge in [-0.25, -0.2) is 0 Å². The molecule has 15 heavy (non-hydrogen) atoms. The van der Waals surface area contributed by atoms with E-state index in [-0.39, 0.29) is 5.91 Å². The van der Waals surface area contributed by atoms with Crippen molar-refractivity contribution in [2.24, 2.45) is 5.73 Å². The topological polar surface area (TPSA) is 46.3 Å². The standard InChI is InChI=1S/C12H24N2O/c1-4-14(11(15)12(2,3)13)10-8-6-5-7-9-10/h10H,4-9,13H2,1-3H3. The summed E-state index contributed by atoms with van der Waals surface area (Å²) in [6.07, 6.45) is 6.11. The monoisotopic (exact) mass is 212 g/mol. The van der Waals surface area contributed by atoms with Gasteiger partial charge in [0.25, 0.3) is 0 Å². The molecular weight excluding hydrogens is 188 g/mol. The molecule has 0 aromatic rings. The third kappa shape index (κ3) is 3.20. The highest BCUT2D eigenvalue weighted by Gasteiger charge is 2.31. The lowest BCUT2D eigenvalue weighted by Gasteiger charge is -2.37. The molecule has 0 atom stereocenters. The van der Waals surface area contributed by atoms with Crippen molar-refractivity contribution in [2.75, 3.05) is 6.54 Å². The van der Waals surface area contributed by atoms with Gasteiger partial charge in [-0.3, -0.25) is 4.79 Å². The summed E-state index contributed by atoms with van der Waals surface area (Å²) in [6.45, 7) is 6.41. The molecule has 0 heterocycles. The quantitative estimate of drug-likeness (QED) is 0.776. The van der Waals surface area contributed by atoms with Gasteiger partial charge >= 0.3 is 0 Å². The number of nitrogens with zero attached hydrogens (tertiary/aromatic N) is 1. The minimum Gasteiger partial charge on any atom is -0.338 e. The van der Waals surface area contributed by atoms with Crippen LogP contribution in [0.2, 0.25) is 0 Å². The van der Waals surface area contributed by atoms with Crippen molar-refractivity contribution in [1.82, 2.24) is 4.90 Å². The molecule has 1 saturated carbocycles. The number of nitrogens with two attached hydrogens (primary N) is 1. The second-order valence-electron chi connectivity index (χ2n) is 5.10. The second-order valence-corrected chi connectivity index (χ2v) is 5.10. The van der Waals surface area contributed by atoms with Crippen LogP contribution < -0.4 is 5.73 Å². The number of carbonyl (C=O) groups is 1. The van der Waals surface area contributed by atoms with E-state index in [9.17, 15) is 4.79 Å². The molecule has 0 radical (unpaired) electrons. The maximum absolute atomic E-state index is 12.1. The van der Waals surface area contributed by atoms with E-state index < -0.39 is 5.54 Å². The first-order valence-electron chi connectivity index (χ1n) is 6.06. The summed E-state index contributed by atoms with van der Waals surface area (Å²) in [5.74, 6) is 0.0944. The normalized spacial score (nSPS) is 18.9. The van der Waals surface area contributed by atoms with Gasteiger partial charge in [0.1, 0.15) is 0 Å². The summed E-state index contributed by atoms with van der Waals surface area (Å²) in [4.78, 5) is 14.1. The average Bonchev–Trinajstić information content (AvgIpc) is 2.19. The summed E-state index contributed by atoms with van der Waals surface area (Å²) >= 11 is 0. The van der Waals surface area contributed by atoms with Crippen molar-refractivity contribution in [2.45, 2.75) is 64.5 Å². The summed E-state index contributed by atoms with van der Waals surface area (Å²) in [7, 11) is 0. The lowest BCUT2D eigenvalue weighted by molar-refractivity contribution is -0.138. The van der Waals surface area contributed by atoms with Gasteiger partial charge in [0.2, 0.25) is 5.91 Å². The van der Waals surface area contributed by atoms with Crippen LogP contribution in [0.3, 0.4) is 0 Å². The van der Waals surface area contributed by atoms with Crippen LogP contribution in [0.1, 0.15) is 52.9 Å². The van der Waals surface area contributed by atoms with Gasteiger partial charge in [-0.15, -0.1) is 0 Å². The van der Waals surface area contributed by atoms with Gasteiger partial charge in [-0.05, 0) is 33.6 Å².